The van der Waals surface area contributed by atoms with Crippen molar-refractivity contribution in [2.75, 3.05) is 0 Å². The van der Waals surface area contributed by atoms with Gasteiger partial charge < -0.3 is 4.90 Å². The largest absolute Gasteiger partial charge is 0.314 e. The third-order valence-corrected chi connectivity index (χ3v) is 3.12. The van der Waals surface area contributed by atoms with Gasteiger partial charge in [-0.3, -0.25) is 0 Å². The minimum Gasteiger partial charge on any atom is -0.314 e. The van der Waals surface area contributed by atoms with Crippen molar-refractivity contribution in [3.63, 3.8) is 0 Å². The van der Waals surface area contributed by atoms with Crippen molar-refractivity contribution >= 4 is 11.4 Å². The first-order chi connectivity index (χ1) is 8.18. The molecule has 0 aromatic heterocycles. The molecule has 0 saturated carbocycles. The van der Waals surface area contributed by atoms with Crippen LogP contribution in [-0.2, 0) is 0 Å². The average molecular weight is 245 g/mol. The zero-order valence-corrected chi connectivity index (χ0v) is 12.2. The van der Waals surface area contributed by atoms with Crippen molar-refractivity contribution in [2.45, 2.75) is 47.8 Å². The highest BCUT2D eigenvalue weighted by molar-refractivity contribution is 6.01. The van der Waals surface area contributed by atoms with Gasteiger partial charge in [0.1, 0.15) is 0 Å². The number of rotatable bonds is 0. The van der Waals surface area contributed by atoms with Crippen LogP contribution in [0.15, 0.2) is 34.5 Å². The second-order valence-electron chi connectivity index (χ2n) is 6.95. The lowest BCUT2D eigenvalue weighted by molar-refractivity contribution is 0.367. The highest BCUT2D eigenvalue weighted by atomic mass is 15.3. The molecule has 2 rings (SSSR count). The number of hydrogen-bond acceptors (Lipinski definition) is 3. The first kappa shape index (κ1) is 13.1. The second kappa shape index (κ2) is 4.08. The van der Waals surface area contributed by atoms with Gasteiger partial charge in [-0.05, 0) is 12.2 Å². The van der Waals surface area contributed by atoms with Crippen molar-refractivity contribution in [3.05, 3.63) is 24.6 Å². The molecule has 0 spiro atoms. The summed E-state index contributed by atoms with van der Waals surface area (Å²) in [6, 6.07) is 0. The van der Waals surface area contributed by atoms with Crippen molar-refractivity contribution in [1.29, 1.82) is 0 Å². The van der Waals surface area contributed by atoms with Crippen LogP contribution in [0.1, 0.15) is 41.5 Å². The van der Waals surface area contributed by atoms with Gasteiger partial charge in [-0.1, -0.05) is 41.5 Å². The van der Waals surface area contributed by atoms with Gasteiger partial charge in [-0.25, -0.2) is 9.98 Å². The average Bonchev–Trinajstić information content (AvgIpc) is 2.25. The molecule has 0 aromatic carbocycles. The van der Waals surface area contributed by atoms with E-state index in [4.69, 9.17) is 9.98 Å². The van der Waals surface area contributed by atoms with Crippen molar-refractivity contribution in [1.82, 2.24) is 4.90 Å². The minimum absolute atomic E-state index is 0.0706. The number of hydrogen-bond donors (Lipinski definition) is 0. The second-order valence-corrected chi connectivity index (χ2v) is 6.95. The van der Waals surface area contributed by atoms with Crippen LogP contribution >= 0.6 is 0 Å². The molecule has 2 heterocycles. The highest BCUT2D eigenvalue weighted by Crippen LogP contribution is 2.27. The van der Waals surface area contributed by atoms with Crippen LogP contribution in [0.2, 0.25) is 0 Å². The van der Waals surface area contributed by atoms with Gasteiger partial charge in [0.2, 0.25) is 6.29 Å². The summed E-state index contributed by atoms with van der Waals surface area (Å²) < 4.78 is 0. The monoisotopic (exact) mass is 245 g/mol. The van der Waals surface area contributed by atoms with E-state index in [-0.39, 0.29) is 17.1 Å². The van der Waals surface area contributed by atoms with Gasteiger partial charge in [0.05, 0.1) is 0 Å². The molecule has 0 unspecified atom stereocenters. The van der Waals surface area contributed by atoms with E-state index >= 15 is 0 Å². The van der Waals surface area contributed by atoms with E-state index in [0.717, 1.165) is 11.4 Å². The summed E-state index contributed by atoms with van der Waals surface area (Å²) in [5.74, 6) is 0. The molecule has 3 heteroatoms. The lowest BCUT2D eigenvalue weighted by Gasteiger charge is -2.33. The zero-order valence-electron chi connectivity index (χ0n) is 12.2. The maximum Gasteiger partial charge on any atom is 0.220 e. The molecule has 0 radical (unpaired) electrons. The van der Waals surface area contributed by atoms with Crippen LogP contribution in [0.4, 0.5) is 0 Å². The third kappa shape index (κ3) is 2.55. The molecule has 0 bridgehead atoms. The van der Waals surface area contributed by atoms with Gasteiger partial charge in [-0.2, -0.15) is 0 Å². The van der Waals surface area contributed by atoms with Crippen molar-refractivity contribution in [2.24, 2.45) is 20.8 Å². The Balaban J connectivity index is 2.31. The van der Waals surface area contributed by atoms with E-state index < -0.39 is 0 Å². The van der Waals surface area contributed by atoms with Gasteiger partial charge in [0.25, 0.3) is 0 Å². The van der Waals surface area contributed by atoms with Crippen LogP contribution in [0.5, 0.6) is 0 Å². The maximum absolute atomic E-state index is 4.76. The predicted octanol–water partition coefficient (Wildman–Crippen LogP) is 3.60. The van der Waals surface area contributed by atoms with Crippen LogP contribution in [0.3, 0.4) is 0 Å². The molecule has 98 valence electrons. The molecule has 0 aliphatic carbocycles. The normalized spacial score (nSPS) is 20.7. The molecule has 0 atom stereocenters. The Morgan fingerprint density at radius 2 is 1.22 bits per heavy atom. The zero-order chi connectivity index (χ0) is 13.6. The van der Waals surface area contributed by atoms with Gasteiger partial charge in [0, 0.05) is 34.7 Å². The number of allylic oxidation sites excluding steroid dienone is 2. The van der Waals surface area contributed by atoms with Crippen LogP contribution in [0.25, 0.3) is 0 Å². The van der Waals surface area contributed by atoms with Gasteiger partial charge >= 0.3 is 0 Å². The molecular weight excluding hydrogens is 222 g/mol. The Hall–Kier alpha value is -1.38. The predicted molar refractivity (Wildman–Crippen MR) is 77.7 cm³/mol. The van der Waals surface area contributed by atoms with Crippen molar-refractivity contribution < 1.29 is 0 Å². The lowest BCUT2D eigenvalue weighted by Crippen LogP contribution is -2.36. The molecule has 2 aliphatic heterocycles. The fourth-order valence-corrected chi connectivity index (χ4v) is 1.90. The van der Waals surface area contributed by atoms with E-state index in [1.54, 1.807) is 0 Å². The number of fused-ring (bicyclic) bond motifs is 1. The summed E-state index contributed by atoms with van der Waals surface area (Å²) in [5, 5.41) is 0. The molecule has 0 N–H and O–H groups in total. The number of nitrogens with zero attached hydrogens (tertiary/aromatic N) is 3. The molecular formula is C15H23N3. The molecule has 0 saturated heterocycles. The molecule has 2 aliphatic rings. The lowest BCUT2D eigenvalue weighted by atomic mass is 9.88. The summed E-state index contributed by atoms with van der Waals surface area (Å²) in [6.07, 6.45) is 8.18. The third-order valence-electron chi connectivity index (χ3n) is 3.12. The summed E-state index contributed by atoms with van der Waals surface area (Å²) in [4.78, 5) is 11.6. The van der Waals surface area contributed by atoms with E-state index in [2.05, 4.69) is 66.1 Å². The fraction of sp³-hybridized carbons (Fsp3) is 0.600. The van der Waals surface area contributed by atoms with Crippen LogP contribution in [0, 0.1) is 10.8 Å². The first-order valence-electron chi connectivity index (χ1n) is 6.48. The Labute approximate surface area is 110 Å². The smallest absolute Gasteiger partial charge is 0.220 e. The Morgan fingerprint density at radius 1 is 0.833 bits per heavy atom. The Bertz CT molecular complexity index is 411. The van der Waals surface area contributed by atoms with E-state index in [1.165, 1.54) is 0 Å². The van der Waals surface area contributed by atoms with Gasteiger partial charge in [0.15, 0.2) is 0 Å². The molecule has 0 amide bonds. The molecule has 18 heavy (non-hydrogen) atoms. The van der Waals surface area contributed by atoms with Gasteiger partial charge in [-0.15, -0.1) is 0 Å². The number of aliphatic imine (C=N–C) groups is 2. The quantitative estimate of drug-likeness (QED) is 0.641. The Morgan fingerprint density at radius 3 is 1.56 bits per heavy atom. The summed E-state index contributed by atoms with van der Waals surface area (Å²) in [6.45, 7) is 13.1. The summed E-state index contributed by atoms with van der Waals surface area (Å²) >= 11 is 0. The fourth-order valence-electron chi connectivity index (χ4n) is 1.90. The minimum atomic E-state index is -0.122. The highest BCUT2D eigenvalue weighted by Gasteiger charge is 2.27. The SMILES string of the molecule is CC(C)(C)C1=NC2N=C(C(C)(C)C)C=CN2C=C1. The topological polar surface area (TPSA) is 28.0 Å². The standard InChI is InChI=1S/C15H23N3/c1-14(2,3)11-7-9-18-10-8-12(15(4,5)6)17-13(18)16-11/h7-10,13H,1-6H3. The molecule has 3 nitrogen and oxygen atoms in total. The van der Waals surface area contributed by atoms with E-state index in [1.807, 2.05) is 4.90 Å². The van der Waals surface area contributed by atoms with E-state index in [0.29, 0.717) is 0 Å². The first-order valence-corrected chi connectivity index (χ1v) is 6.48. The summed E-state index contributed by atoms with van der Waals surface area (Å²) in [7, 11) is 0. The summed E-state index contributed by atoms with van der Waals surface area (Å²) in [5.41, 5.74) is 2.36. The Kier molecular flexibility index (Phi) is 2.96. The van der Waals surface area contributed by atoms with Crippen molar-refractivity contribution in [3.8, 4) is 0 Å². The van der Waals surface area contributed by atoms with E-state index in [9.17, 15) is 0 Å². The molecule has 0 aromatic rings. The van der Waals surface area contributed by atoms with Crippen LogP contribution in [-0.4, -0.2) is 22.6 Å². The van der Waals surface area contributed by atoms with Crippen LogP contribution < -0.4 is 0 Å². The molecule has 0 fully saturated rings. The maximum atomic E-state index is 4.76.